The number of piperidine rings is 1. The summed E-state index contributed by atoms with van der Waals surface area (Å²) in [6.07, 6.45) is 1.40. The van der Waals surface area contributed by atoms with Gasteiger partial charge in [-0.1, -0.05) is 17.2 Å². The molecule has 130 valence electrons. The summed E-state index contributed by atoms with van der Waals surface area (Å²) < 4.78 is 0. The Morgan fingerprint density at radius 2 is 1.88 bits per heavy atom. The zero-order chi connectivity index (χ0) is 17.7. The van der Waals surface area contributed by atoms with Crippen molar-refractivity contribution >= 4 is 17.8 Å². The normalized spacial score (nSPS) is 17.4. The summed E-state index contributed by atoms with van der Waals surface area (Å²) in [5, 5.41) is 11.3. The Bertz CT molecular complexity index is 622. The van der Waals surface area contributed by atoms with Gasteiger partial charge in [0.15, 0.2) is 0 Å². The topological polar surface area (TPSA) is 86.7 Å². The maximum atomic E-state index is 12.7. The average molecular weight is 332 g/mol. The van der Waals surface area contributed by atoms with Crippen molar-refractivity contribution < 1.29 is 19.5 Å². The molecule has 1 aliphatic rings. The SMILES string of the molecule is Cc1cc(C)cc(C(=O)N2CCCC(C(=O)NCCC(=O)O)C2)c1. The molecular weight excluding hydrogens is 308 g/mol. The quantitative estimate of drug-likeness (QED) is 0.860. The first-order valence-corrected chi connectivity index (χ1v) is 8.24. The molecule has 6 heteroatoms. The molecule has 1 heterocycles. The van der Waals surface area contributed by atoms with Crippen molar-refractivity contribution in [1.82, 2.24) is 10.2 Å². The predicted molar refractivity (Wildman–Crippen MR) is 89.8 cm³/mol. The van der Waals surface area contributed by atoms with Gasteiger partial charge in [0, 0.05) is 25.2 Å². The smallest absolute Gasteiger partial charge is 0.305 e. The van der Waals surface area contributed by atoms with E-state index >= 15 is 0 Å². The van der Waals surface area contributed by atoms with Crippen molar-refractivity contribution in [1.29, 1.82) is 0 Å². The first-order valence-electron chi connectivity index (χ1n) is 8.24. The van der Waals surface area contributed by atoms with Crippen LogP contribution in [-0.2, 0) is 9.59 Å². The van der Waals surface area contributed by atoms with Crippen LogP contribution in [0.3, 0.4) is 0 Å². The van der Waals surface area contributed by atoms with E-state index in [0.717, 1.165) is 24.0 Å². The number of hydrogen-bond donors (Lipinski definition) is 2. The Morgan fingerprint density at radius 3 is 2.50 bits per heavy atom. The van der Waals surface area contributed by atoms with Gasteiger partial charge >= 0.3 is 5.97 Å². The molecule has 0 aromatic heterocycles. The summed E-state index contributed by atoms with van der Waals surface area (Å²) in [4.78, 5) is 37.1. The minimum absolute atomic E-state index is 0.0511. The molecule has 0 aliphatic carbocycles. The Hall–Kier alpha value is -2.37. The highest BCUT2D eigenvalue weighted by Gasteiger charge is 2.28. The minimum atomic E-state index is -0.939. The highest BCUT2D eigenvalue weighted by molar-refractivity contribution is 5.95. The number of aryl methyl sites for hydroxylation is 2. The van der Waals surface area contributed by atoms with E-state index in [0.29, 0.717) is 18.7 Å². The standard InChI is InChI=1S/C18H24N2O4/c1-12-8-13(2)10-15(9-12)18(24)20-7-3-4-14(11-20)17(23)19-6-5-16(21)22/h8-10,14H,3-7,11H2,1-2H3,(H,19,23)(H,21,22). The van der Waals surface area contributed by atoms with Gasteiger partial charge in [-0.25, -0.2) is 0 Å². The highest BCUT2D eigenvalue weighted by Crippen LogP contribution is 2.20. The number of carbonyl (C=O) groups is 3. The zero-order valence-electron chi connectivity index (χ0n) is 14.2. The number of benzene rings is 1. The van der Waals surface area contributed by atoms with Crippen LogP contribution in [0.15, 0.2) is 18.2 Å². The average Bonchev–Trinajstić information content (AvgIpc) is 2.53. The summed E-state index contributed by atoms with van der Waals surface area (Å²) in [5.74, 6) is -1.44. The van der Waals surface area contributed by atoms with Gasteiger partial charge in [0.2, 0.25) is 5.91 Å². The number of nitrogens with one attached hydrogen (secondary N) is 1. The summed E-state index contributed by atoms with van der Waals surface area (Å²) in [5.41, 5.74) is 2.73. The number of hydrogen-bond acceptors (Lipinski definition) is 3. The van der Waals surface area contributed by atoms with E-state index in [9.17, 15) is 14.4 Å². The molecule has 6 nitrogen and oxygen atoms in total. The second-order valence-electron chi connectivity index (χ2n) is 6.40. The molecule has 1 aliphatic heterocycles. The van der Waals surface area contributed by atoms with Crippen LogP contribution in [0, 0.1) is 19.8 Å². The molecule has 0 spiro atoms. The van der Waals surface area contributed by atoms with Crippen molar-refractivity contribution in [3.8, 4) is 0 Å². The number of carbonyl (C=O) groups excluding carboxylic acids is 2. The number of amides is 2. The summed E-state index contributed by atoms with van der Waals surface area (Å²) in [6, 6.07) is 5.75. The van der Waals surface area contributed by atoms with Crippen LogP contribution in [0.2, 0.25) is 0 Å². The fraction of sp³-hybridized carbons (Fsp3) is 0.500. The Labute approximate surface area is 141 Å². The van der Waals surface area contributed by atoms with Crippen LogP contribution >= 0.6 is 0 Å². The molecule has 0 saturated carbocycles. The van der Waals surface area contributed by atoms with E-state index < -0.39 is 5.97 Å². The lowest BCUT2D eigenvalue weighted by Crippen LogP contribution is -2.45. The van der Waals surface area contributed by atoms with Crippen LogP contribution < -0.4 is 5.32 Å². The summed E-state index contributed by atoms with van der Waals surface area (Å²) in [6.45, 7) is 5.06. The third kappa shape index (κ3) is 4.81. The van der Waals surface area contributed by atoms with E-state index in [2.05, 4.69) is 5.32 Å². The fourth-order valence-corrected chi connectivity index (χ4v) is 3.09. The van der Waals surface area contributed by atoms with Gasteiger partial charge in [0.25, 0.3) is 5.91 Å². The largest absolute Gasteiger partial charge is 0.481 e. The Morgan fingerprint density at radius 1 is 1.21 bits per heavy atom. The van der Waals surface area contributed by atoms with Crippen molar-refractivity contribution in [2.45, 2.75) is 33.1 Å². The molecule has 24 heavy (non-hydrogen) atoms. The third-order valence-corrected chi connectivity index (χ3v) is 4.19. The van der Waals surface area contributed by atoms with Crippen molar-refractivity contribution in [2.75, 3.05) is 19.6 Å². The van der Waals surface area contributed by atoms with Gasteiger partial charge in [-0.15, -0.1) is 0 Å². The molecule has 1 unspecified atom stereocenters. The molecule has 1 aromatic carbocycles. The maximum Gasteiger partial charge on any atom is 0.305 e. The van der Waals surface area contributed by atoms with Crippen LogP contribution in [-0.4, -0.2) is 47.4 Å². The van der Waals surface area contributed by atoms with Gasteiger partial charge in [-0.2, -0.15) is 0 Å². The summed E-state index contributed by atoms with van der Waals surface area (Å²) in [7, 11) is 0. The first kappa shape index (κ1) is 18.0. The lowest BCUT2D eigenvalue weighted by Gasteiger charge is -2.32. The fourth-order valence-electron chi connectivity index (χ4n) is 3.09. The minimum Gasteiger partial charge on any atom is -0.481 e. The molecule has 2 N–H and O–H groups in total. The molecular formula is C18H24N2O4. The molecule has 0 radical (unpaired) electrons. The number of rotatable bonds is 5. The number of carboxylic acids is 1. The van der Waals surface area contributed by atoms with Crippen LogP contribution in [0.4, 0.5) is 0 Å². The van der Waals surface area contributed by atoms with Crippen molar-refractivity contribution in [3.63, 3.8) is 0 Å². The van der Waals surface area contributed by atoms with E-state index in [4.69, 9.17) is 5.11 Å². The Kier molecular flexibility index (Phi) is 5.95. The number of likely N-dealkylation sites (tertiary alicyclic amines) is 1. The van der Waals surface area contributed by atoms with Crippen molar-refractivity contribution in [2.24, 2.45) is 5.92 Å². The lowest BCUT2D eigenvalue weighted by molar-refractivity contribution is -0.137. The van der Waals surface area contributed by atoms with Crippen LogP contribution in [0.5, 0.6) is 0 Å². The lowest BCUT2D eigenvalue weighted by atomic mass is 9.96. The van der Waals surface area contributed by atoms with E-state index in [1.807, 2.05) is 32.0 Å². The van der Waals surface area contributed by atoms with E-state index in [1.165, 1.54) is 0 Å². The summed E-state index contributed by atoms with van der Waals surface area (Å²) >= 11 is 0. The van der Waals surface area contributed by atoms with Gasteiger partial charge in [0.1, 0.15) is 0 Å². The zero-order valence-corrected chi connectivity index (χ0v) is 14.2. The molecule has 1 atom stereocenters. The first-order chi connectivity index (χ1) is 11.4. The predicted octanol–water partition coefficient (Wildman–Crippen LogP) is 1.75. The second kappa shape index (κ2) is 7.95. The second-order valence-corrected chi connectivity index (χ2v) is 6.40. The number of aliphatic carboxylic acids is 1. The van der Waals surface area contributed by atoms with Gasteiger partial charge in [0.05, 0.1) is 12.3 Å². The Balaban J connectivity index is 1.98. The number of nitrogens with zero attached hydrogens (tertiary/aromatic N) is 1. The van der Waals surface area contributed by atoms with E-state index in [1.54, 1.807) is 4.90 Å². The van der Waals surface area contributed by atoms with E-state index in [-0.39, 0.29) is 30.7 Å². The molecule has 1 fully saturated rings. The van der Waals surface area contributed by atoms with Crippen LogP contribution in [0.25, 0.3) is 0 Å². The monoisotopic (exact) mass is 332 g/mol. The molecule has 1 saturated heterocycles. The number of carboxylic acid groups (broad SMARTS) is 1. The highest BCUT2D eigenvalue weighted by atomic mass is 16.4. The van der Waals surface area contributed by atoms with Gasteiger partial charge in [-0.05, 0) is 38.8 Å². The van der Waals surface area contributed by atoms with Crippen molar-refractivity contribution in [3.05, 3.63) is 34.9 Å². The van der Waals surface area contributed by atoms with Gasteiger partial charge < -0.3 is 15.3 Å². The third-order valence-electron chi connectivity index (χ3n) is 4.19. The molecule has 0 bridgehead atoms. The van der Waals surface area contributed by atoms with Gasteiger partial charge in [-0.3, -0.25) is 14.4 Å². The molecule has 1 aromatic rings. The molecule has 2 rings (SSSR count). The molecule has 2 amide bonds. The maximum absolute atomic E-state index is 12.7. The van der Waals surface area contributed by atoms with Crippen LogP contribution in [0.1, 0.15) is 40.7 Å².